The largest absolute Gasteiger partial charge is 0.496 e. The molecule has 0 spiro atoms. The summed E-state index contributed by atoms with van der Waals surface area (Å²) in [6.45, 7) is 0. The highest BCUT2D eigenvalue weighted by atomic mass is 16.5. The van der Waals surface area contributed by atoms with Gasteiger partial charge in [-0.15, -0.1) is 0 Å². The van der Waals surface area contributed by atoms with Crippen molar-refractivity contribution in [3.63, 3.8) is 0 Å². The molecule has 0 saturated carbocycles. The molecule has 0 radical (unpaired) electrons. The van der Waals surface area contributed by atoms with Crippen LogP contribution in [-0.2, 0) is 38.5 Å². The van der Waals surface area contributed by atoms with Crippen molar-refractivity contribution in [2.45, 2.75) is 38.5 Å². The summed E-state index contributed by atoms with van der Waals surface area (Å²) in [5.41, 5.74) is 17.3. The van der Waals surface area contributed by atoms with Crippen LogP contribution in [0.3, 0.4) is 0 Å². The van der Waals surface area contributed by atoms with Crippen molar-refractivity contribution >= 4 is 0 Å². The number of hydrogen-bond donors (Lipinski definition) is 0. The Kier molecular flexibility index (Phi) is 14.3. The Morgan fingerprint density at radius 1 is 0.200 bits per heavy atom. The maximum atomic E-state index is 6.02. The van der Waals surface area contributed by atoms with Crippen molar-refractivity contribution in [1.82, 2.24) is 0 Å². The third kappa shape index (κ3) is 10.1. The summed E-state index contributed by atoms with van der Waals surface area (Å²) in [5.74, 6) is 6.35. The van der Waals surface area contributed by atoms with Gasteiger partial charge in [0.05, 0.1) is 56.9 Å². The SMILES string of the molecule is COc1cc2c(OC)cc1Cc1ccc(cc1)-c1ccc(cc1)Cc1cc(OC)c(cc1OC)Cc1cc(OC)c(cc1OC)Cc1ccc(cc1)-c1ccc(cc1)Cc1cc(OC)c(cc1OC)C2. The molecule has 0 aliphatic heterocycles. The highest BCUT2D eigenvalue weighted by Crippen LogP contribution is 2.40. The number of ether oxygens (including phenoxy) is 8. The highest BCUT2D eigenvalue weighted by Gasteiger charge is 2.20. The molecule has 8 heteroatoms. The van der Waals surface area contributed by atoms with Gasteiger partial charge < -0.3 is 37.9 Å². The van der Waals surface area contributed by atoms with Crippen molar-refractivity contribution in [2.24, 2.45) is 0 Å². The molecule has 0 saturated heterocycles. The standard InChI is InChI=1S/C62H60O8/c1-63-55-35-51-29-52-36-56(64-2)48(32-60(52)68-6)26-40-13-21-45(22-14-40)46-23-15-42(16-24-46)28-50-34-62(70-8)54(38-58(50)66-4)30-53-37-57(65-3)49(33-61(53)69-7)27-41-11-19-44(20-12-41)43-17-9-39(10-18-43)25-47(55)31-59(51)67-5/h9-24,31-38H,25-30H2,1-8H3. The minimum absolute atomic E-state index is 0.558. The molecule has 356 valence electrons. The van der Waals surface area contributed by atoms with Crippen LogP contribution in [0.15, 0.2) is 146 Å². The summed E-state index contributed by atoms with van der Waals surface area (Å²) >= 11 is 0. The Labute approximate surface area is 412 Å². The predicted octanol–water partition coefficient (Wildman–Crippen LogP) is 12.9. The summed E-state index contributed by atoms with van der Waals surface area (Å²) in [5, 5.41) is 0. The zero-order valence-corrected chi connectivity index (χ0v) is 41.4. The normalized spacial score (nSPS) is 12.2. The van der Waals surface area contributed by atoms with E-state index in [1.165, 1.54) is 0 Å². The molecule has 0 amide bonds. The second-order valence-electron chi connectivity index (χ2n) is 17.8. The Morgan fingerprint density at radius 3 is 0.486 bits per heavy atom. The van der Waals surface area contributed by atoms with Gasteiger partial charge in [0.2, 0.25) is 0 Å². The van der Waals surface area contributed by atoms with Crippen molar-refractivity contribution in [2.75, 3.05) is 56.9 Å². The van der Waals surface area contributed by atoms with Crippen LogP contribution in [0.1, 0.15) is 66.8 Å². The fraction of sp³-hybridized carbons (Fsp3) is 0.226. The van der Waals surface area contributed by atoms with E-state index in [0.717, 1.165) is 135 Å². The molecule has 0 fully saturated rings. The van der Waals surface area contributed by atoms with E-state index in [4.69, 9.17) is 37.9 Å². The van der Waals surface area contributed by atoms with E-state index in [1.807, 2.05) is 0 Å². The van der Waals surface area contributed by atoms with E-state index in [0.29, 0.717) is 38.5 Å². The molecule has 0 atom stereocenters. The van der Waals surface area contributed by atoms with Crippen molar-refractivity contribution in [3.05, 3.63) is 212 Å². The van der Waals surface area contributed by atoms with E-state index in [9.17, 15) is 0 Å². The fourth-order valence-corrected chi connectivity index (χ4v) is 9.75. The van der Waals surface area contributed by atoms with Gasteiger partial charge in [0.15, 0.2) is 0 Å². The lowest BCUT2D eigenvalue weighted by atomic mass is 9.94. The fourth-order valence-electron chi connectivity index (χ4n) is 9.75. The maximum absolute atomic E-state index is 6.02. The van der Waals surface area contributed by atoms with Gasteiger partial charge in [-0.1, -0.05) is 97.1 Å². The molecule has 16 bridgehead atoms. The molecule has 0 aromatic heterocycles. The smallest absolute Gasteiger partial charge is 0.122 e. The van der Waals surface area contributed by atoms with Crippen LogP contribution in [0.5, 0.6) is 46.0 Å². The van der Waals surface area contributed by atoms with Gasteiger partial charge in [-0.3, -0.25) is 0 Å². The first-order chi connectivity index (χ1) is 34.2. The Morgan fingerprint density at radius 2 is 0.343 bits per heavy atom. The zero-order valence-electron chi connectivity index (χ0n) is 41.4. The molecule has 70 heavy (non-hydrogen) atoms. The van der Waals surface area contributed by atoms with Gasteiger partial charge in [-0.05, 0) is 93.0 Å². The van der Waals surface area contributed by atoms with E-state index < -0.39 is 0 Å². The molecular weight excluding hydrogens is 873 g/mol. The topological polar surface area (TPSA) is 73.8 Å². The Hall–Kier alpha value is -7.84. The lowest BCUT2D eigenvalue weighted by Crippen LogP contribution is -2.03. The number of hydrogen-bond acceptors (Lipinski definition) is 8. The van der Waals surface area contributed by atoms with Crippen LogP contribution >= 0.6 is 0 Å². The van der Waals surface area contributed by atoms with Crippen LogP contribution in [0.4, 0.5) is 0 Å². The van der Waals surface area contributed by atoms with E-state index in [2.05, 4.69) is 146 Å². The summed E-state index contributed by atoms with van der Waals surface area (Å²) in [7, 11) is 13.7. The summed E-state index contributed by atoms with van der Waals surface area (Å²) in [4.78, 5) is 0. The molecule has 0 unspecified atom stereocenters. The van der Waals surface area contributed by atoms with E-state index in [1.54, 1.807) is 56.9 Å². The first kappa shape index (κ1) is 47.2. The number of rotatable bonds is 8. The number of methoxy groups -OCH3 is 8. The van der Waals surface area contributed by atoms with Crippen LogP contribution in [-0.4, -0.2) is 56.9 Å². The van der Waals surface area contributed by atoms with Gasteiger partial charge in [-0.2, -0.15) is 0 Å². The molecule has 0 N–H and O–H groups in total. The van der Waals surface area contributed by atoms with Crippen molar-refractivity contribution in [1.29, 1.82) is 0 Å². The van der Waals surface area contributed by atoms with Crippen LogP contribution < -0.4 is 37.9 Å². The average Bonchev–Trinajstić information content (AvgIpc) is 3.40. The van der Waals surface area contributed by atoms with Crippen molar-refractivity contribution in [3.8, 4) is 68.2 Å². The molecule has 8 aromatic carbocycles. The lowest BCUT2D eigenvalue weighted by molar-refractivity contribution is 0.391. The first-order valence-corrected chi connectivity index (χ1v) is 23.5. The van der Waals surface area contributed by atoms with Crippen LogP contribution in [0.25, 0.3) is 22.3 Å². The zero-order chi connectivity index (χ0) is 48.7. The highest BCUT2D eigenvalue weighted by molar-refractivity contribution is 5.66. The van der Waals surface area contributed by atoms with Gasteiger partial charge in [-0.25, -0.2) is 0 Å². The van der Waals surface area contributed by atoms with Crippen LogP contribution in [0, 0.1) is 0 Å². The first-order valence-electron chi connectivity index (χ1n) is 23.5. The molecule has 0 heterocycles. The molecule has 30 rings (SSSR count). The Bertz CT molecular complexity index is 2680. The summed E-state index contributed by atoms with van der Waals surface area (Å²) < 4.78 is 48.1. The van der Waals surface area contributed by atoms with Gasteiger partial charge in [0.25, 0.3) is 0 Å². The minimum Gasteiger partial charge on any atom is -0.496 e. The predicted molar refractivity (Wildman–Crippen MR) is 279 cm³/mol. The molecule has 8 aromatic rings. The maximum Gasteiger partial charge on any atom is 0.122 e. The summed E-state index contributed by atoms with van der Waals surface area (Å²) in [6, 6.07) is 51.6. The Balaban J connectivity index is 1.08. The number of benzene rings is 8. The van der Waals surface area contributed by atoms with Crippen LogP contribution in [0.2, 0.25) is 0 Å². The van der Waals surface area contributed by atoms with Gasteiger partial charge >= 0.3 is 0 Å². The van der Waals surface area contributed by atoms with Gasteiger partial charge in [0.1, 0.15) is 46.0 Å². The second kappa shape index (κ2) is 21.2. The third-order valence-corrected chi connectivity index (χ3v) is 13.6. The third-order valence-electron chi connectivity index (χ3n) is 13.6. The summed E-state index contributed by atoms with van der Waals surface area (Å²) in [6.07, 6.45) is 3.82. The van der Waals surface area contributed by atoms with E-state index >= 15 is 0 Å². The lowest BCUT2D eigenvalue weighted by Gasteiger charge is -2.18. The molecule has 22 aliphatic carbocycles. The van der Waals surface area contributed by atoms with E-state index in [-0.39, 0.29) is 0 Å². The average molecular weight is 933 g/mol. The second-order valence-corrected chi connectivity index (χ2v) is 17.8. The monoisotopic (exact) mass is 932 g/mol. The molecule has 22 aliphatic rings. The quantitative estimate of drug-likeness (QED) is 0.149. The van der Waals surface area contributed by atoms with Gasteiger partial charge in [0, 0.05) is 83.0 Å². The molecule has 8 nitrogen and oxygen atoms in total. The minimum atomic E-state index is 0.558. The molecular formula is C62H60O8. The van der Waals surface area contributed by atoms with Crippen molar-refractivity contribution < 1.29 is 37.9 Å².